The molecule has 0 aliphatic heterocycles. The van der Waals surface area contributed by atoms with Crippen LogP contribution in [0.5, 0.6) is 0 Å². The molecule has 5 aliphatic rings. The molecule has 1 heterocycles. The average Bonchev–Trinajstić information content (AvgIpc) is 3.44. The summed E-state index contributed by atoms with van der Waals surface area (Å²) in [5.74, 6) is 5.25. The molecule has 0 atom stereocenters. The highest BCUT2D eigenvalue weighted by atomic mass is 15.0. The zero-order valence-corrected chi connectivity index (χ0v) is 26.7. The molecule has 5 aliphatic carbocycles. The Kier molecular flexibility index (Phi) is 6.09. The quantitative estimate of drug-likeness (QED) is 0.185. The summed E-state index contributed by atoms with van der Waals surface area (Å²) in [5, 5.41) is 0. The summed E-state index contributed by atoms with van der Waals surface area (Å²) >= 11 is 0. The van der Waals surface area contributed by atoms with Gasteiger partial charge in [0.2, 0.25) is 0 Å². The lowest BCUT2D eigenvalue weighted by Crippen LogP contribution is -2.55. The molecular weight excluding hydrogens is 585 g/mol. The van der Waals surface area contributed by atoms with Gasteiger partial charge in [0.15, 0.2) is 23.2 Å². The van der Waals surface area contributed by atoms with E-state index in [0.29, 0.717) is 35.0 Å². The molecule has 48 heavy (non-hydrogen) atoms. The minimum Gasteiger partial charge on any atom is -0.238 e. The molecule has 1 spiro atoms. The second kappa shape index (κ2) is 10.6. The first-order valence-electron chi connectivity index (χ1n) is 17.3. The first-order chi connectivity index (χ1) is 23.7. The molecule has 5 aromatic carbocycles. The zero-order valence-electron chi connectivity index (χ0n) is 26.7. The predicted octanol–water partition coefficient (Wildman–Crippen LogP) is 10.8. The first kappa shape index (κ1) is 27.7. The van der Waals surface area contributed by atoms with Gasteiger partial charge in [-0.2, -0.15) is 0 Å². The maximum Gasteiger partial charge on any atom is 0.187 e. The van der Waals surface area contributed by atoms with Gasteiger partial charge in [0, 0.05) is 22.1 Å². The molecular formula is C44H34N4. The van der Waals surface area contributed by atoms with Gasteiger partial charge < -0.3 is 0 Å². The maximum absolute atomic E-state index is 7.32. The average molecular weight is 619 g/mol. The van der Waals surface area contributed by atoms with Crippen molar-refractivity contribution in [3.8, 4) is 56.4 Å². The van der Waals surface area contributed by atoms with Crippen molar-refractivity contribution in [1.82, 2.24) is 15.0 Å². The van der Waals surface area contributed by atoms with Crippen molar-refractivity contribution in [3.63, 3.8) is 0 Å². The Morgan fingerprint density at radius 2 is 1.04 bits per heavy atom. The van der Waals surface area contributed by atoms with E-state index in [-0.39, 0.29) is 5.41 Å². The summed E-state index contributed by atoms with van der Waals surface area (Å²) in [6.45, 7) is 7.32. The Balaban J connectivity index is 1.13. The van der Waals surface area contributed by atoms with E-state index >= 15 is 0 Å². The summed E-state index contributed by atoms with van der Waals surface area (Å²) in [6.07, 6.45) is 6.87. The van der Waals surface area contributed by atoms with Gasteiger partial charge in [0.25, 0.3) is 0 Å². The highest BCUT2D eigenvalue weighted by Gasteiger charge is 2.61. The molecule has 0 N–H and O–H groups in total. The molecule has 6 aromatic rings. The third kappa shape index (κ3) is 4.10. The Labute approximate surface area is 281 Å². The Bertz CT molecular complexity index is 2240. The van der Waals surface area contributed by atoms with Crippen LogP contribution < -0.4 is 0 Å². The van der Waals surface area contributed by atoms with Gasteiger partial charge in [-0.25, -0.2) is 19.8 Å². The van der Waals surface area contributed by atoms with Gasteiger partial charge in [-0.3, -0.25) is 0 Å². The molecule has 4 saturated carbocycles. The Morgan fingerprint density at radius 1 is 0.479 bits per heavy atom. The summed E-state index contributed by atoms with van der Waals surface area (Å²) in [7, 11) is 0. The molecule has 4 heteroatoms. The van der Waals surface area contributed by atoms with Crippen LogP contribution in [0.1, 0.15) is 43.2 Å². The van der Waals surface area contributed by atoms with Crippen molar-refractivity contribution in [1.29, 1.82) is 0 Å². The van der Waals surface area contributed by atoms with Crippen molar-refractivity contribution < 1.29 is 0 Å². The lowest BCUT2D eigenvalue weighted by atomic mass is 9.43. The minimum absolute atomic E-state index is 0.0879. The summed E-state index contributed by atoms with van der Waals surface area (Å²) in [6, 6.07) is 42.7. The zero-order chi connectivity index (χ0) is 31.8. The highest BCUT2D eigenvalue weighted by molar-refractivity contribution is 5.84. The fraction of sp³-hybridized carbons (Fsp3) is 0.227. The molecule has 1 aromatic heterocycles. The lowest BCUT2D eigenvalue weighted by molar-refractivity contribution is -0.0399. The van der Waals surface area contributed by atoms with Gasteiger partial charge in [-0.05, 0) is 101 Å². The van der Waals surface area contributed by atoms with Crippen LogP contribution in [0, 0.1) is 30.2 Å². The van der Waals surface area contributed by atoms with Crippen molar-refractivity contribution in [2.45, 2.75) is 37.5 Å². The fourth-order valence-corrected chi connectivity index (χ4v) is 10.2. The van der Waals surface area contributed by atoms with Crippen molar-refractivity contribution >= 4 is 5.69 Å². The molecule has 4 fully saturated rings. The topological polar surface area (TPSA) is 43.0 Å². The van der Waals surface area contributed by atoms with Crippen LogP contribution in [0.4, 0.5) is 5.69 Å². The highest BCUT2D eigenvalue weighted by Crippen LogP contribution is 2.69. The van der Waals surface area contributed by atoms with E-state index in [1.807, 2.05) is 42.5 Å². The van der Waals surface area contributed by atoms with Crippen molar-refractivity contribution in [2.24, 2.45) is 23.7 Å². The van der Waals surface area contributed by atoms with Crippen LogP contribution in [-0.4, -0.2) is 15.0 Å². The summed E-state index contributed by atoms with van der Waals surface area (Å²) in [5.41, 5.74) is 11.7. The molecule has 230 valence electrons. The van der Waals surface area contributed by atoms with Crippen LogP contribution in [0.3, 0.4) is 0 Å². The smallest absolute Gasteiger partial charge is 0.187 e. The third-order valence-corrected chi connectivity index (χ3v) is 11.9. The molecule has 0 saturated heterocycles. The Hall–Kier alpha value is -5.40. The van der Waals surface area contributed by atoms with Crippen molar-refractivity contribution in [2.75, 3.05) is 0 Å². The van der Waals surface area contributed by atoms with Crippen LogP contribution in [-0.2, 0) is 5.41 Å². The van der Waals surface area contributed by atoms with E-state index in [1.54, 1.807) is 5.56 Å². The second-order valence-electron chi connectivity index (χ2n) is 14.4. The lowest BCUT2D eigenvalue weighted by Gasteiger charge is -2.61. The predicted molar refractivity (Wildman–Crippen MR) is 191 cm³/mol. The summed E-state index contributed by atoms with van der Waals surface area (Å²) < 4.78 is 0. The van der Waals surface area contributed by atoms with Gasteiger partial charge in [-0.15, -0.1) is 0 Å². The van der Waals surface area contributed by atoms with E-state index in [2.05, 4.69) is 83.7 Å². The largest absolute Gasteiger partial charge is 0.238 e. The number of nitrogens with zero attached hydrogens (tertiary/aromatic N) is 4. The molecule has 0 amide bonds. The minimum atomic E-state index is 0.0879. The van der Waals surface area contributed by atoms with Gasteiger partial charge in [0.1, 0.15) is 0 Å². The molecule has 0 radical (unpaired) electrons. The van der Waals surface area contributed by atoms with E-state index in [4.69, 9.17) is 21.5 Å². The van der Waals surface area contributed by atoms with E-state index < -0.39 is 0 Å². The molecule has 4 nitrogen and oxygen atoms in total. The van der Waals surface area contributed by atoms with Crippen LogP contribution in [0.2, 0.25) is 0 Å². The van der Waals surface area contributed by atoms with E-state index in [0.717, 1.165) is 39.7 Å². The molecule has 11 rings (SSSR count). The molecule has 4 bridgehead atoms. The SMILES string of the molecule is [C-]#[N+]c1ccc(-c2cccc(-c3nc(-c4ccccc4)nc(-c4ccc5c(c4)C4(c6ccccc6-5)C5CC6CC(C5)CC4C6)n3)c2)cc1. The second-order valence-corrected chi connectivity index (χ2v) is 14.4. The van der Waals surface area contributed by atoms with Crippen molar-refractivity contribution in [3.05, 3.63) is 144 Å². The summed E-state index contributed by atoms with van der Waals surface area (Å²) in [4.78, 5) is 18.9. The van der Waals surface area contributed by atoms with Crippen LogP contribution >= 0.6 is 0 Å². The molecule has 0 unspecified atom stereocenters. The Morgan fingerprint density at radius 3 is 1.75 bits per heavy atom. The number of rotatable bonds is 4. The maximum atomic E-state index is 7.32. The van der Waals surface area contributed by atoms with E-state index in [1.165, 1.54) is 48.8 Å². The monoisotopic (exact) mass is 618 g/mol. The van der Waals surface area contributed by atoms with Gasteiger partial charge >= 0.3 is 0 Å². The van der Waals surface area contributed by atoms with Crippen LogP contribution in [0.15, 0.2) is 121 Å². The van der Waals surface area contributed by atoms with E-state index in [9.17, 15) is 0 Å². The first-order valence-corrected chi connectivity index (χ1v) is 17.3. The standard InChI is InChI=1S/C44H34N4/c1-45-36-17-14-29(15-18-36)31-10-7-11-32(25-31)42-46-41(30-8-3-2-4-9-30)47-43(48-42)33-16-19-38-37-12-5-6-13-39(37)44(40(38)26-33)34-21-27-20-28(23-34)24-35(44)22-27/h2-19,25-28,34-35H,20-24H2. The number of fused-ring (bicyclic) bond motifs is 3. The normalized spacial score (nSPS) is 24.3. The third-order valence-electron chi connectivity index (χ3n) is 11.9. The number of benzene rings is 5. The fourth-order valence-electron chi connectivity index (χ4n) is 10.2. The number of aromatic nitrogens is 3. The van der Waals surface area contributed by atoms with Gasteiger partial charge in [0.05, 0.1) is 6.57 Å². The van der Waals surface area contributed by atoms with Gasteiger partial charge in [-0.1, -0.05) is 109 Å². The number of hydrogen-bond donors (Lipinski definition) is 0. The number of hydrogen-bond acceptors (Lipinski definition) is 3. The van der Waals surface area contributed by atoms with Crippen LogP contribution in [0.25, 0.3) is 61.3 Å².